The highest BCUT2D eigenvalue weighted by molar-refractivity contribution is 5.08. The number of rotatable bonds is 9. The summed E-state index contributed by atoms with van der Waals surface area (Å²) in [5.74, 6) is 0.602. The topological polar surface area (TPSA) is 47.0 Å². The molecule has 0 fully saturated rings. The van der Waals surface area contributed by atoms with E-state index in [4.69, 9.17) is 4.74 Å². The van der Waals surface area contributed by atoms with Crippen molar-refractivity contribution in [3.05, 3.63) is 30.7 Å². The van der Waals surface area contributed by atoms with Gasteiger partial charge in [0.25, 0.3) is 0 Å². The zero-order valence-corrected chi connectivity index (χ0v) is 10.5. The van der Waals surface area contributed by atoms with Gasteiger partial charge in [-0.15, -0.1) is 6.58 Å². The summed E-state index contributed by atoms with van der Waals surface area (Å²) in [5, 5.41) is 3.28. The molecule has 1 aromatic heterocycles. The molecule has 1 heterocycles. The Morgan fingerprint density at radius 3 is 3.12 bits per heavy atom. The first kappa shape index (κ1) is 13.6. The van der Waals surface area contributed by atoms with Crippen molar-refractivity contribution in [2.24, 2.45) is 0 Å². The molecule has 0 spiro atoms. The third-order valence-electron chi connectivity index (χ3n) is 2.20. The van der Waals surface area contributed by atoms with Gasteiger partial charge in [-0.3, -0.25) is 4.98 Å². The smallest absolute Gasteiger partial charge is 0.232 e. The Morgan fingerprint density at radius 1 is 1.47 bits per heavy atom. The lowest BCUT2D eigenvalue weighted by Gasteiger charge is -2.06. The first-order valence-electron chi connectivity index (χ1n) is 6.12. The summed E-state index contributed by atoms with van der Waals surface area (Å²) in [5.41, 5.74) is 0.916. The molecule has 0 aliphatic carbocycles. The molecule has 94 valence electrons. The minimum absolute atomic E-state index is 0.602. The molecule has 0 aliphatic heterocycles. The minimum atomic E-state index is 0.602. The van der Waals surface area contributed by atoms with Gasteiger partial charge in [-0.05, 0) is 25.8 Å². The van der Waals surface area contributed by atoms with Crippen LogP contribution in [-0.4, -0.2) is 23.1 Å². The van der Waals surface area contributed by atoms with E-state index in [0.717, 1.165) is 38.0 Å². The molecule has 0 atom stereocenters. The summed E-state index contributed by atoms with van der Waals surface area (Å²) < 4.78 is 5.51. The van der Waals surface area contributed by atoms with Gasteiger partial charge >= 0.3 is 0 Å². The number of ether oxygens (including phenoxy) is 1. The van der Waals surface area contributed by atoms with Gasteiger partial charge < -0.3 is 10.1 Å². The van der Waals surface area contributed by atoms with Gasteiger partial charge in [0.1, 0.15) is 0 Å². The Kier molecular flexibility index (Phi) is 6.98. The van der Waals surface area contributed by atoms with Crippen LogP contribution in [0.15, 0.2) is 25.0 Å². The molecule has 0 radical (unpaired) electrons. The average molecular weight is 235 g/mol. The van der Waals surface area contributed by atoms with Crippen LogP contribution < -0.4 is 10.1 Å². The Bertz CT molecular complexity index is 328. The van der Waals surface area contributed by atoms with Crippen molar-refractivity contribution in [2.45, 2.75) is 32.7 Å². The van der Waals surface area contributed by atoms with Crippen molar-refractivity contribution >= 4 is 0 Å². The van der Waals surface area contributed by atoms with Crippen molar-refractivity contribution in [3.8, 4) is 5.88 Å². The van der Waals surface area contributed by atoms with Gasteiger partial charge in [0.2, 0.25) is 5.88 Å². The predicted octanol–water partition coefficient (Wildman–Crippen LogP) is 2.32. The maximum absolute atomic E-state index is 5.51. The number of hydrogen-bond acceptors (Lipinski definition) is 4. The summed E-state index contributed by atoms with van der Waals surface area (Å²) in [6.45, 7) is 8.20. The molecule has 0 bridgehead atoms. The van der Waals surface area contributed by atoms with Crippen LogP contribution in [0.25, 0.3) is 0 Å². The van der Waals surface area contributed by atoms with E-state index in [9.17, 15) is 0 Å². The molecule has 0 unspecified atom stereocenters. The minimum Gasteiger partial charge on any atom is -0.477 e. The maximum Gasteiger partial charge on any atom is 0.232 e. The fraction of sp³-hybridized carbons (Fsp3) is 0.538. The first-order chi connectivity index (χ1) is 8.36. The van der Waals surface area contributed by atoms with E-state index < -0.39 is 0 Å². The van der Waals surface area contributed by atoms with E-state index >= 15 is 0 Å². The Morgan fingerprint density at radius 2 is 2.35 bits per heavy atom. The number of aromatic nitrogens is 2. The second-order valence-corrected chi connectivity index (χ2v) is 3.80. The lowest BCUT2D eigenvalue weighted by molar-refractivity contribution is 0.297. The summed E-state index contributed by atoms with van der Waals surface area (Å²) in [6, 6.07) is 0. The molecule has 0 amide bonds. The van der Waals surface area contributed by atoms with Crippen LogP contribution in [-0.2, 0) is 6.54 Å². The second kappa shape index (κ2) is 8.70. The van der Waals surface area contributed by atoms with Crippen LogP contribution >= 0.6 is 0 Å². The van der Waals surface area contributed by atoms with Crippen LogP contribution in [0.5, 0.6) is 5.88 Å². The number of nitrogens with one attached hydrogen (secondary N) is 1. The lowest BCUT2D eigenvalue weighted by atomic mass is 10.3. The van der Waals surface area contributed by atoms with Gasteiger partial charge in [-0.25, -0.2) is 4.98 Å². The molecule has 0 saturated heterocycles. The standard InChI is InChI=1S/C13H21N3O/c1-3-5-6-8-17-13-11-15-10-12(16-13)9-14-7-4-2/h3,10-11,14H,1,4-9H2,2H3. The molecule has 0 aromatic carbocycles. The van der Waals surface area contributed by atoms with Crippen LogP contribution in [0.3, 0.4) is 0 Å². The van der Waals surface area contributed by atoms with Gasteiger partial charge in [0.15, 0.2) is 0 Å². The monoisotopic (exact) mass is 235 g/mol. The van der Waals surface area contributed by atoms with E-state index in [0.29, 0.717) is 12.5 Å². The van der Waals surface area contributed by atoms with Crippen LogP contribution in [0.2, 0.25) is 0 Å². The van der Waals surface area contributed by atoms with E-state index in [1.807, 2.05) is 6.08 Å². The maximum atomic E-state index is 5.51. The van der Waals surface area contributed by atoms with Crippen molar-refractivity contribution in [3.63, 3.8) is 0 Å². The molecule has 1 aromatic rings. The molecular weight excluding hydrogens is 214 g/mol. The van der Waals surface area contributed by atoms with Crippen molar-refractivity contribution < 1.29 is 4.74 Å². The quantitative estimate of drug-likeness (QED) is 0.527. The summed E-state index contributed by atoms with van der Waals surface area (Å²) in [4.78, 5) is 8.48. The Hall–Kier alpha value is -1.42. The van der Waals surface area contributed by atoms with Crippen LogP contribution in [0.4, 0.5) is 0 Å². The van der Waals surface area contributed by atoms with E-state index in [2.05, 4.69) is 28.8 Å². The predicted molar refractivity (Wildman–Crippen MR) is 69.0 cm³/mol. The van der Waals surface area contributed by atoms with Crippen molar-refractivity contribution in [1.29, 1.82) is 0 Å². The Balaban J connectivity index is 2.34. The zero-order chi connectivity index (χ0) is 12.3. The Labute approximate surface area is 103 Å². The molecule has 0 aliphatic rings. The average Bonchev–Trinajstić information content (AvgIpc) is 2.36. The third-order valence-corrected chi connectivity index (χ3v) is 2.20. The molecular formula is C13H21N3O. The number of unbranched alkanes of at least 4 members (excludes halogenated alkanes) is 1. The SMILES string of the molecule is C=CCCCOc1cncc(CNCCC)n1. The fourth-order valence-corrected chi connectivity index (χ4v) is 1.34. The highest BCUT2D eigenvalue weighted by atomic mass is 16.5. The van der Waals surface area contributed by atoms with Gasteiger partial charge in [-0.2, -0.15) is 0 Å². The van der Waals surface area contributed by atoms with Crippen molar-refractivity contribution in [1.82, 2.24) is 15.3 Å². The molecule has 4 nitrogen and oxygen atoms in total. The molecule has 1 rings (SSSR count). The van der Waals surface area contributed by atoms with Gasteiger partial charge in [0, 0.05) is 12.7 Å². The van der Waals surface area contributed by atoms with E-state index in [1.54, 1.807) is 12.4 Å². The largest absolute Gasteiger partial charge is 0.477 e. The summed E-state index contributed by atoms with van der Waals surface area (Å²) in [6.07, 6.45) is 8.34. The lowest BCUT2D eigenvalue weighted by Crippen LogP contribution is -2.15. The first-order valence-corrected chi connectivity index (χ1v) is 6.12. The zero-order valence-electron chi connectivity index (χ0n) is 10.5. The molecule has 4 heteroatoms. The second-order valence-electron chi connectivity index (χ2n) is 3.80. The summed E-state index contributed by atoms with van der Waals surface area (Å²) >= 11 is 0. The summed E-state index contributed by atoms with van der Waals surface area (Å²) in [7, 11) is 0. The van der Waals surface area contributed by atoms with Crippen molar-refractivity contribution in [2.75, 3.05) is 13.2 Å². The van der Waals surface area contributed by atoms with E-state index in [1.165, 1.54) is 0 Å². The van der Waals surface area contributed by atoms with E-state index in [-0.39, 0.29) is 0 Å². The fourth-order valence-electron chi connectivity index (χ4n) is 1.34. The van der Waals surface area contributed by atoms with Gasteiger partial charge in [-0.1, -0.05) is 13.0 Å². The molecule has 1 N–H and O–H groups in total. The molecule has 17 heavy (non-hydrogen) atoms. The number of allylic oxidation sites excluding steroid dienone is 1. The third kappa shape index (κ3) is 6.02. The number of hydrogen-bond donors (Lipinski definition) is 1. The number of nitrogens with zero attached hydrogens (tertiary/aromatic N) is 2. The normalized spacial score (nSPS) is 10.2. The highest BCUT2D eigenvalue weighted by Crippen LogP contribution is 2.06. The van der Waals surface area contributed by atoms with Crippen LogP contribution in [0, 0.1) is 0 Å². The van der Waals surface area contributed by atoms with Gasteiger partial charge in [0.05, 0.1) is 18.5 Å². The molecule has 0 saturated carbocycles. The van der Waals surface area contributed by atoms with Crippen LogP contribution in [0.1, 0.15) is 31.9 Å². The highest BCUT2D eigenvalue weighted by Gasteiger charge is 1.99.